The van der Waals surface area contributed by atoms with Crippen LogP contribution < -0.4 is 5.32 Å². The van der Waals surface area contributed by atoms with E-state index in [4.69, 9.17) is 0 Å². The molecular formula is C17H23N3OS. The number of rotatable bonds is 5. The fraction of sp³-hybridized carbons (Fsp3) is 0.529. The molecule has 2 aromatic heterocycles. The summed E-state index contributed by atoms with van der Waals surface area (Å²) >= 11 is 1.70. The van der Waals surface area contributed by atoms with Gasteiger partial charge in [-0.25, -0.2) is 0 Å². The molecule has 4 nitrogen and oxygen atoms in total. The maximum atomic E-state index is 12.1. The molecule has 0 atom stereocenters. The van der Waals surface area contributed by atoms with Gasteiger partial charge >= 0.3 is 0 Å². The van der Waals surface area contributed by atoms with Gasteiger partial charge in [-0.2, -0.15) is 5.10 Å². The molecule has 0 aliphatic heterocycles. The summed E-state index contributed by atoms with van der Waals surface area (Å²) in [6.45, 7) is 3.45. The van der Waals surface area contributed by atoms with E-state index in [9.17, 15) is 4.79 Å². The highest BCUT2D eigenvalue weighted by atomic mass is 32.1. The number of nitrogens with zero attached hydrogens (tertiary/aromatic N) is 2. The average Bonchev–Trinajstić information content (AvgIpc) is 3.18. The van der Waals surface area contributed by atoms with Gasteiger partial charge in [0.15, 0.2) is 0 Å². The number of aromatic nitrogens is 2. The van der Waals surface area contributed by atoms with Gasteiger partial charge in [0.2, 0.25) is 5.91 Å². The van der Waals surface area contributed by atoms with Gasteiger partial charge in [0, 0.05) is 18.2 Å². The Hall–Kier alpha value is -1.62. The molecule has 1 aliphatic rings. The van der Waals surface area contributed by atoms with E-state index in [0.717, 1.165) is 30.8 Å². The Balaban J connectivity index is 1.52. The summed E-state index contributed by atoms with van der Waals surface area (Å²) in [5.41, 5.74) is 2.15. The summed E-state index contributed by atoms with van der Waals surface area (Å²) in [6, 6.07) is 6.23. The van der Waals surface area contributed by atoms with Crippen LogP contribution in [0.25, 0.3) is 10.6 Å². The van der Waals surface area contributed by atoms with Gasteiger partial charge in [0.25, 0.3) is 0 Å². The summed E-state index contributed by atoms with van der Waals surface area (Å²) in [5.74, 6) is 0.456. The first-order valence-corrected chi connectivity index (χ1v) is 8.98. The highest BCUT2D eigenvalue weighted by Gasteiger charge is 2.20. The Labute approximate surface area is 135 Å². The molecule has 0 unspecified atom stereocenters. The molecular weight excluding hydrogens is 294 g/mol. The Morgan fingerprint density at radius 3 is 2.95 bits per heavy atom. The zero-order valence-electron chi connectivity index (χ0n) is 13.0. The molecule has 22 heavy (non-hydrogen) atoms. The zero-order chi connectivity index (χ0) is 15.4. The number of hydrogen-bond acceptors (Lipinski definition) is 3. The van der Waals surface area contributed by atoms with Gasteiger partial charge in [-0.1, -0.05) is 25.3 Å². The number of aryl methyl sites for hydroxylation is 1. The van der Waals surface area contributed by atoms with Crippen LogP contribution in [0.2, 0.25) is 0 Å². The van der Waals surface area contributed by atoms with Crippen LogP contribution in [0.1, 0.15) is 37.8 Å². The molecule has 2 aromatic rings. The van der Waals surface area contributed by atoms with Crippen LogP contribution in [0, 0.1) is 12.8 Å². The third-order valence-corrected chi connectivity index (χ3v) is 5.25. The molecule has 1 amide bonds. The van der Waals surface area contributed by atoms with E-state index in [1.807, 2.05) is 10.7 Å². The SMILES string of the molecule is Cc1cc(-c2cccs2)nn1CCNC(=O)C1CCCCC1. The van der Waals surface area contributed by atoms with Gasteiger partial charge in [-0.05, 0) is 37.3 Å². The molecule has 1 saturated carbocycles. The highest BCUT2D eigenvalue weighted by molar-refractivity contribution is 7.13. The number of thiophene rings is 1. The zero-order valence-corrected chi connectivity index (χ0v) is 13.9. The number of hydrogen-bond donors (Lipinski definition) is 1. The molecule has 3 rings (SSSR count). The molecule has 0 spiro atoms. The normalized spacial score (nSPS) is 15.9. The van der Waals surface area contributed by atoms with E-state index in [2.05, 4.69) is 34.9 Å². The largest absolute Gasteiger partial charge is 0.354 e. The van der Waals surface area contributed by atoms with Crippen molar-refractivity contribution in [3.63, 3.8) is 0 Å². The van der Waals surface area contributed by atoms with Crippen LogP contribution in [0.15, 0.2) is 23.6 Å². The van der Waals surface area contributed by atoms with Crippen molar-refractivity contribution in [2.24, 2.45) is 5.92 Å². The first-order valence-electron chi connectivity index (χ1n) is 8.10. The van der Waals surface area contributed by atoms with Gasteiger partial charge in [-0.3, -0.25) is 9.48 Å². The molecule has 1 N–H and O–H groups in total. The van der Waals surface area contributed by atoms with Crippen LogP contribution in [-0.2, 0) is 11.3 Å². The summed E-state index contributed by atoms with van der Waals surface area (Å²) in [6.07, 6.45) is 5.77. The summed E-state index contributed by atoms with van der Waals surface area (Å²) in [4.78, 5) is 13.3. The topological polar surface area (TPSA) is 46.9 Å². The standard InChI is InChI=1S/C17H23N3OS/c1-13-12-15(16-8-5-11-22-16)19-20(13)10-9-18-17(21)14-6-3-2-4-7-14/h5,8,11-12,14H,2-4,6-7,9-10H2,1H3,(H,18,21). The lowest BCUT2D eigenvalue weighted by Crippen LogP contribution is -2.34. The summed E-state index contributed by atoms with van der Waals surface area (Å²) in [5, 5.41) is 9.78. The van der Waals surface area contributed by atoms with E-state index in [0.29, 0.717) is 6.54 Å². The fourth-order valence-corrected chi connectivity index (χ4v) is 3.76. The van der Waals surface area contributed by atoms with Crippen LogP contribution in [0.5, 0.6) is 0 Å². The molecule has 1 fully saturated rings. The van der Waals surface area contributed by atoms with Crippen molar-refractivity contribution in [3.05, 3.63) is 29.3 Å². The lowest BCUT2D eigenvalue weighted by Gasteiger charge is -2.20. The van der Waals surface area contributed by atoms with Crippen molar-refractivity contribution in [3.8, 4) is 10.6 Å². The first-order chi connectivity index (χ1) is 10.7. The monoisotopic (exact) mass is 317 g/mol. The predicted octanol–water partition coefficient (Wildman–Crippen LogP) is 3.62. The second-order valence-electron chi connectivity index (χ2n) is 6.00. The Morgan fingerprint density at radius 1 is 1.41 bits per heavy atom. The molecule has 1 aliphatic carbocycles. The minimum atomic E-state index is 0.225. The van der Waals surface area contributed by atoms with Crippen LogP contribution in [0.4, 0.5) is 0 Å². The van der Waals surface area contributed by atoms with Crippen molar-refractivity contribution in [1.82, 2.24) is 15.1 Å². The third-order valence-electron chi connectivity index (χ3n) is 4.35. The van der Waals surface area contributed by atoms with Crippen molar-refractivity contribution >= 4 is 17.2 Å². The number of carbonyl (C=O) groups excluding carboxylic acids is 1. The quantitative estimate of drug-likeness (QED) is 0.915. The maximum absolute atomic E-state index is 12.1. The molecule has 2 heterocycles. The van der Waals surface area contributed by atoms with Gasteiger partial charge in [0.05, 0.1) is 11.4 Å². The highest BCUT2D eigenvalue weighted by Crippen LogP contribution is 2.24. The van der Waals surface area contributed by atoms with E-state index in [1.54, 1.807) is 11.3 Å². The maximum Gasteiger partial charge on any atom is 0.223 e. The van der Waals surface area contributed by atoms with E-state index in [1.165, 1.54) is 24.1 Å². The van der Waals surface area contributed by atoms with Gasteiger partial charge in [0.1, 0.15) is 5.69 Å². The van der Waals surface area contributed by atoms with E-state index < -0.39 is 0 Å². The van der Waals surface area contributed by atoms with Crippen LogP contribution >= 0.6 is 11.3 Å². The number of nitrogens with one attached hydrogen (secondary N) is 1. The molecule has 0 aromatic carbocycles. The third kappa shape index (κ3) is 3.58. The number of carbonyl (C=O) groups is 1. The smallest absolute Gasteiger partial charge is 0.223 e. The van der Waals surface area contributed by atoms with Crippen molar-refractivity contribution in [2.45, 2.75) is 45.6 Å². The van der Waals surface area contributed by atoms with Crippen LogP contribution in [0.3, 0.4) is 0 Å². The molecule has 5 heteroatoms. The minimum absolute atomic E-state index is 0.225. The second kappa shape index (κ2) is 7.09. The average molecular weight is 317 g/mol. The minimum Gasteiger partial charge on any atom is -0.354 e. The first kappa shape index (κ1) is 15.3. The van der Waals surface area contributed by atoms with Crippen LogP contribution in [-0.4, -0.2) is 22.2 Å². The summed E-state index contributed by atoms with van der Waals surface area (Å²) < 4.78 is 1.98. The molecule has 0 bridgehead atoms. The van der Waals surface area contributed by atoms with Crippen molar-refractivity contribution < 1.29 is 4.79 Å². The Bertz CT molecular complexity index is 612. The lowest BCUT2D eigenvalue weighted by molar-refractivity contribution is -0.125. The fourth-order valence-electron chi connectivity index (χ4n) is 3.08. The van der Waals surface area contributed by atoms with Gasteiger partial charge in [-0.15, -0.1) is 11.3 Å². The molecule has 0 saturated heterocycles. The number of amides is 1. The Morgan fingerprint density at radius 2 is 2.23 bits per heavy atom. The van der Waals surface area contributed by atoms with Gasteiger partial charge < -0.3 is 5.32 Å². The molecule has 118 valence electrons. The van der Waals surface area contributed by atoms with E-state index >= 15 is 0 Å². The van der Waals surface area contributed by atoms with E-state index in [-0.39, 0.29) is 11.8 Å². The summed E-state index contributed by atoms with van der Waals surface area (Å²) in [7, 11) is 0. The Kier molecular flexibility index (Phi) is 4.93. The predicted molar refractivity (Wildman–Crippen MR) is 89.9 cm³/mol. The molecule has 0 radical (unpaired) electrons. The lowest BCUT2D eigenvalue weighted by atomic mass is 9.89. The van der Waals surface area contributed by atoms with Crippen molar-refractivity contribution in [2.75, 3.05) is 6.54 Å². The van der Waals surface area contributed by atoms with Crippen molar-refractivity contribution in [1.29, 1.82) is 0 Å². The second-order valence-corrected chi connectivity index (χ2v) is 6.95.